The van der Waals surface area contributed by atoms with Gasteiger partial charge in [-0.15, -0.1) is 0 Å². The van der Waals surface area contributed by atoms with Gasteiger partial charge < -0.3 is 10.1 Å². The largest absolute Gasteiger partial charge is 0.436 e. The van der Waals surface area contributed by atoms with E-state index in [1.165, 1.54) is 6.07 Å². The molecule has 112 valence electrons. The fourth-order valence-electron chi connectivity index (χ4n) is 1.80. The van der Waals surface area contributed by atoms with Crippen molar-refractivity contribution in [3.63, 3.8) is 0 Å². The van der Waals surface area contributed by atoms with Crippen LogP contribution in [-0.2, 0) is 6.42 Å². The minimum absolute atomic E-state index is 0.141. The maximum atomic E-state index is 13.8. The number of hydrogen-bond donors (Lipinski definition) is 1. The van der Waals surface area contributed by atoms with Gasteiger partial charge in [-0.05, 0) is 31.5 Å². The zero-order chi connectivity index (χ0) is 15.2. The summed E-state index contributed by atoms with van der Waals surface area (Å²) in [5.74, 6) is 1.41. The average Bonchev–Trinajstić information content (AvgIpc) is 2.42. The molecule has 4 nitrogen and oxygen atoms in total. The van der Waals surface area contributed by atoms with Gasteiger partial charge in [0.25, 0.3) is 0 Å². The minimum Gasteiger partial charge on any atom is -0.436 e. The van der Waals surface area contributed by atoms with Gasteiger partial charge in [-0.25, -0.2) is 9.37 Å². The molecule has 0 aliphatic carbocycles. The Morgan fingerprint density at radius 2 is 2.05 bits per heavy atom. The van der Waals surface area contributed by atoms with Gasteiger partial charge in [0.1, 0.15) is 11.6 Å². The number of aryl methyl sites for hydroxylation is 1. The summed E-state index contributed by atoms with van der Waals surface area (Å²) in [7, 11) is 0. The molecule has 0 bridgehead atoms. The Hall–Kier alpha value is -1.69. The van der Waals surface area contributed by atoms with E-state index in [2.05, 4.69) is 38.1 Å². The first-order valence-corrected chi connectivity index (χ1v) is 7.66. The van der Waals surface area contributed by atoms with Crippen LogP contribution >= 0.6 is 15.9 Å². The van der Waals surface area contributed by atoms with Gasteiger partial charge >= 0.3 is 0 Å². The van der Waals surface area contributed by atoms with E-state index >= 15 is 0 Å². The summed E-state index contributed by atoms with van der Waals surface area (Å²) in [6.07, 6.45) is 1.68. The van der Waals surface area contributed by atoms with Crippen molar-refractivity contribution < 1.29 is 9.13 Å². The predicted molar refractivity (Wildman–Crippen MR) is 84.4 cm³/mol. The molecule has 1 N–H and O–H groups in total. The lowest BCUT2D eigenvalue weighted by Gasteiger charge is -2.10. The smallest absolute Gasteiger partial charge is 0.224 e. The molecular formula is C15H17BrFN3O. The maximum absolute atomic E-state index is 13.8. The van der Waals surface area contributed by atoms with Crippen LogP contribution in [0.4, 0.5) is 10.2 Å². The molecule has 0 fully saturated rings. The van der Waals surface area contributed by atoms with Gasteiger partial charge in [0, 0.05) is 23.5 Å². The number of anilines is 1. The Morgan fingerprint density at radius 3 is 2.71 bits per heavy atom. The second kappa shape index (κ2) is 7.36. The zero-order valence-electron chi connectivity index (χ0n) is 12.0. The molecule has 0 aliphatic rings. The van der Waals surface area contributed by atoms with Crippen LogP contribution in [0.15, 0.2) is 28.7 Å². The van der Waals surface area contributed by atoms with Crippen LogP contribution in [0.3, 0.4) is 0 Å². The first-order chi connectivity index (χ1) is 10.1. The highest BCUT2D eigenvalue weighted by molar-refractivity contribution is 9.10. The molecule has 0 aliphatic heterocycles. The lowest BCUT2D eigenvalue weighted by atomic mass is 10.3. The average molecular weight is 354 g/mol. The summed E-state index contributed by atoms with van der Waals surface area (Å²) in [5, 5.41) is 3.12. The fourth-order valence-corrected chi connectivity index (χ4v) is 2.14. The monoisotopic (exact) mass is 353 g/mol. The quantitative estimate of drug-likeness (QED) is 0.827. The second-order valence-corrected chi connectivity index (χ2v) is 5.38. The highest BCUT2D eigenvalue weighted by atomic mass is 79.9. The van der Waals surface area contributed by atoms with Gasteiger partial charge in [-0.2, -0.15) is 4.98 Å². The van der Waals surface area contributed by atoms with Crippen LogP contribution in [0.2, 0.25) is 0 Å². The third kappa shape index (κ3) is 4.39. The van der Waals surface area contributed by atoms with E-state index in [0.29, 0.717) is 22.0 Å². The van der Waals surface area contributed by atoms with Crippen molar-refractivity contribution in [2.24, 2.45) is 0 Å². The molecule has 2 aromatic rings. The normalized spacial score (nSPS) is 10.5. The van der Waals surface area contributed by atoms with Crippen molar-refractivity contribution in [3.8, 4) is 11.6 Å². The van der Waals surface area contributed by atoms with Crippen LogP contribution in [0.5, 0.6) is 11.6 Å². The van der Waals surface area contributed by atoms with E-state index in [4.69, 9.17) is 4.74 Å². The van der Waals surface area contributed by atoms with E-state index in [0.717, 1.165) is 19.4 Å². The maximum Gasteiger partial charge on any atom is 0.224 e. The van der Waals surface area contributed by atoms with Gasteiger partial charge in [-0.3, -0.25) is 0 Å². The summed E-state index contributed by atoms with van der Waals surface area (Å²) in [5.41, 5.74) is 0. The molecule has 0 radical (unpaired) electrons. The molecule has 0 amide bonds. The van der Waals surface area contributed by atoms with Gasteiger partial charge in [-0.1, -0.05) is 22.9 Å². The number of rotatable bonds is 6. The molecule has 1 aromatic heterocycles. The number of aromatic nitrogens is 2. The van der Waals surface area contributed by atoms with Crippen molar-refractivity contribution in [2.45, 2.75) is 26.7 Å². The van der Waals surface area contributed by atoms with E-state index in [1.54, 1.807) is 18.2 Å². The molecule has 2 rings (SSSR count). The summed E-state index contributed by atoms with van der Waals surface area (Å²) in [4.78, 5) is 8.70. The van der Waals surface area contributed by atoms with Crippen molar-refractivity contribution in [1.29, 1.82) is 0 Å². The van der Waals surface area contributed by atoms with E-state index in [1.807, 2.05) is 6.92 Å². The number of halogens is 2. The topological polar surface area (TPSA) is 47.0 Å². The van der Waals surface area contributed by atoms with Crippen molar-refractivity contribution >= 4 is 21.7 Å². The Morgan fingerprint density at radius 1 is 1.24 bits per heavy atom. The fraction of sp³-hybridized carbons (Fsp3) is 0.333. The molecule has 0 spiro atoms. The van der Waals surface area contributed by atoms with Crippen molar-refractivity contribution in [3.05, 3.63) is 40.4 Å². The molecule has 1 aromatic carbocycles. The Balaban J connectivity index is 2.29. The number of nitrogens with zero attached hydrogens (tertiary/aromatic N) is 2. The second-order valence-electron chi connectivity index (χ2n) is 4.46. The van der Waals surface area contributed by atoms with Crippen molar-refractivity contribution in [2.75, 3.05) is 11.9 Å². The van der Waals surface area contributed by atoms with Crippen LogP contribution in [0, 0.1) is 5.82 Å². The summed E-state index contributed by atoms with van der Waals surface area (Å²) >= 11 is 3.21. The summed E-state index contributed by atoms with van der Waals surface area (Å²) < 4.78 is 20.0. The molecular weight excluding hydrogens is 337 g/mol. The number of hydrogen-bond acceptors (Lipinski definition) is 4. The molecule has 1 heterocycles. The Labute approximate surface area is 131 Å². The molecule has 0 saturated heterocycles. The first kappa shape index (κ1) is 15.7. The predicted octanol–water partition coefficient (Wildman–Crippen LogP) is 4.55. The molecule has 0 saturated carbocycles. The highest BCUT2D eigenvalue weighted by Gasteiger charge is 2.09. The van der Waals surface area contributed by atoms with Crippen LogP contribution in [-0.4, -0.2) is 16.5 Å². The number of benzene rings is 1. The third-order valence-corrected chi connectivity index (χ3v) is 3.18. The first-order valence-electron chi connectivity index (χ1n) is 6.87. The van der Waals surface area contributed by atoms with Crippen molar-refractivity contribution in [1.82, 2.24) is 9.97 Å². The SMILES string of the molecule is CCCc1nc(NCC)cc(Oc2ccc(Br)cc2F)n1. The Kier molecular flexibility index (Phi) is 5.50. The van der Waals surface area contributed by atoms with E-state index in [-0.39, 0.29) is 5.75 Å². The summed E-state index contributed by atoms with van der Waals surface area (Å²) in [6, 6.07) is 6.31. The lowest BCUT2D eigenvalue weighted by Crippen LogP contribution is -2.05. The number of ether oxygens (including phenoxy) is 1. The molecule has 21 heavy (non-hydrogen) atoms. The minimum atomic E-state index is -0.440. The standard InChI is InChI=1S/C15H17BrFN3O/c1-3-5-13-19-14(18-4-2)9-15(20-13)21-12-7-6-10(16)8-11(12)17/h6-9H,3-5H2,1-2H3,(H,18,19,20). The molecule has 0 atom stereocenters. The number of nitrogens with one attached hydrogen (secondary N) is 1. The third-order valence-electron chi connectivity index (χ3n) is 2.69. The molecule has 0 unspecified atom stereocenters. The zero-order valence-corrected chi connectivity index (χ0v) is 13.6. The van der Waals surface area contributed by atoms with Gasteiger partial charge in [0.15, 0.2) is 11.6 Å². The van der Waals surface area contributed by atoms with Crippen LogP contribution < -0.4 is 10.1 Å². The highest BCUT2D eigenvalue weighted by Crippen LogP contribution is 2.27. The molecule has 6 heteroatoms. The van der Waals surface area contributed by atoms with Crippen LogP contribution in [0.1, 0.15) is 26.1 Å². The van der Waals surface area contributed by atoms with Crippen LogP contribution in [0.25, 0.3) is 0 Å². The lowest BCUT2D eigenvalue weighted by molar-refractivity contribution is 0.424. The van der Waals surface area contributed by atoms with E-state index in [9.17, 15) is 4.39 Å². The summed E-state index contributed by atoms with van der Waals surface area (Å²) in [6.45, 7) is 4.78. The van der Waals surface area contributed by atoms with Gasteiger partial charge in [0.2, 0.25) is 5.88 Å². The Bertz CT molecular complexity index is 598. The van der Waals surface area contributed by atoms with Gasteiger partial charge in [0.05, 0.1) is 0 Å². The van der Waals surface area contributed by atoms with E-state index < -0.39 is 5.82 Å².